The number of anilines is 1. The number of ketones is 1. The van der Waals surface area contributed by atoms with Gasteiger partial charge in [0.25, 0.3) is 5.91 Å². The highest BCUT2D eigenvalue weighted by atomic mass is 32.1. The molecule has 0 spiro atoms. The summed E-state index contributed by atoms with van der Waals surface area (Å²) in [6.07, 6.45) is 3.16. The molecule has 0 atom stereocenters. The van der Waals surface area contributed by atoms with E-state index in [2.05, 4.69) is 5.32 Å². The molecule has 142 valence electrons. The standard InChI is InChI=1S/C21H24N2O3S/c1-15(24)19-13-17(14-27-19)21(26)23-11-9-16(10-12-23)7-8-20(25)22-18-5-3-2-4-6-18/h2-6,13-14,16H,7-12H2,1H3,(H,22,25). The normalized spacial score (nSPS) is 14.8. The monoisotopic (exact) mass is 384 g/mol. The zero-order valence-corrected chi connectivity index (χ0v) is 16.3. The maximum absolute atomic E-state index is 12.6. The first-order valence-electron chi connectivity index (χ1n) is 9.26. The summed E-state index contributed by atoms with van der Waals surface area (Å²) in [5.41, 5.74) is 1.43. The number of likely N-dealkylation sites (tertiary alicyclic amines) is 1. The number of benzene rings is 1. The minimum absolute atomic E-state index is 0.000907. The van der Waals surface area contributed by atoms with Crippen LogP contribution in [0.3, 0.4) is 0 Å². The van der Waals surface area contributed by atoms with Crippen molar-refractivity contribution in [1.82, 2.24) is 4.90 Å². The molecule has 1 aliphatic heterocycles. The number of thiophene rings is 1. The molecule has 1 fully saturated rings. The van der Waals surface area contributed by atoms with Crippen molar-refractivity contribution >= 4 is 34.6 Å². The molecule has 6 heteroatoms. The van der Waals surface area contributed by atoms with Crippen LogP contribution in [0.15, 0.2) is 41.8 Å². The number of piperidine rings is 1. The fourth-order valence-corrected chi connectivity index (χ4v) is 4.10. The van der Waals surface area contributed by atoms with E-state index in [0.29, 0.717) is 35.9 Å². The summed E-state index contributed by atoms with van der Waals surface area (Å²) in [5, 5.41) is 4.67. The summed E-state index contributed by atoms with van der Waals surface area (Å²) < 4.78 is 0. The van der Waals surface area contributed by atoms with Gasteiger partial charge in [-0.25, -0.2) is 0 Å². The molecule has 0 radical (unpaired) electrons. The van der Waals surface area contributed by atoms with Crippen LogP contribution in [0.4, 0.5) is 5.69 Å². The van der Waals surface area contributed by atoms with Crippen molar-refractivity contribution in [1.29, 1.82) is 0 Å². The first-order chi connectivity index (χ1) is 13.0. The SMILES string of the molecule is CC(=O)c1cc(C(=O)N2CCC(CCC(=O)Nc3ccccc3)CC2)cs1. The predicted molar refractivity (Wildman–Crippen MR) is 107 cm³/mol. The molecule has 3 rings (SSSR count). The fourth-order valence-electron chi connectivity index (χ4n) is 3.32. The molecule has 0 unspecified atom stereocenters. The average molecular weight is 385 g/mol. The van der Waals surface area contributed by atoms with Crippen LogP contribution in [0.25, 0.3) is 0 Å². The van der Waals surface area contributed by atoms with Crippen molar-refractivity contribution in [2.24, 2.45) is 5.92 Å². The molecule has 5 nitrogen and oxygen atoms in total. The minimum atomic E-state index is -0.00784. The Morgan fingerprint density at radius 1 is 1.15 bits per heavy atom. The Kier molecular flexibility index (Phi) is 6.40. The second kappa shape index (κ2) is 8.95. The molecule has 1 aromatic heterocycles. The van der Waals surface area contributed by atoms with Gasteiger partial charge in [0.2, 0.25) is 5.91 Å². The Morgan fingerprint density at radius 2 is 1.85 bits per heavy atom. The molecule has 0 bridgehead atoms. The summed E-state index contributed by atoms with van der Waals surface area (Å²) in [6.45, 7) is 2.92. The lowest BCUT2D eigenvalue weighted by molar-refractivity contribution is -0.116. The fraction of sp³-hybridized carbons (Fsp3) is 0.381. The Balaban J connectivity index is 1.42. The molecule has 1 saturated heterocycles. The average Bonchev–Trinajstić information content (AvgIpc) is 3.18. The number of para-hydroxylation sites is 1. The molecular formula is C21H24N2O3S. The van der Waals surface area contributed by atoms with Crippen LogP contribution < -0.4 is 5.32 Å². The highest BCUT2D eigenvalue weighted by Gasteiger charge is 2.25. The molecule has 1 aliphatic rings. The molecule has 2 heterocycles. The number of rotatable bonds is 6. The Morgan fingerprint density at radius 3 is 2.48 bits per heavy atom. The number of hydrogen-bond acceptors (Lipinski definition) is 4. The van der Waals surface area contributed by atoms with Gasteiger partial charge in [-0.15, -0.1) is 11.3 Å². The minimum Gasteiger partial charge on any atom is -0.339 e. The van der Waals surface area contributed by atoms with Crippen molar-refractivity contribution in [2.45, 2.75) is 32.6 Å². The van der Waals surface area contributed by atoms with Crippen molar-refractivity contribution in [3.63, 3.8) is 0 Å². The van der Waals surface area contributed by atoms with Crippen LogP contribution in [-0.4, -0.2) is 35.6 Å². The number of hydrogen-bond donors (Lipinski definition) is 1. The number of carbonyl (C=O) groups is 3. The van der Waals surface area contributed by atoms with Gasteiger partial charge in [0.15, 0.2) is 5.78 Å². The number of Topliss-reactive ketones (excluding diaryl/α,β-unsaturated/α-hetero) is 1. The van der Waals surface area contributed by atoms with E-state index in [-0.39, 0.29) is 17.6 Å². The van der Waals surface area contributed by atoms with Crippen LogP contribution in [0.1, 0.15) is 52.6 Å². The van der Waals surface area contributed by atoms with Gasteiger partial charge in [-0.1, -0.05) is 18.2 Å². The largest absolute Gasteiger partial charge is 0.339 e. The number of nitrogens with one attached hydrogen (secondary N) is 1. The molecule has 27 heavy (non-hydrogen) atoms. The van der Waals surface area contributed by atoms with Crippen molar-refractivity contribution in [3.8, 4) is 0 Å². The van der Waals surface area contributed by atoms with Gasteiger partial charge in [0.1, 0.15) is 0 Å². The maximum atomic E-state index is 12.6. The van der Waals surface area contributed by atoms with Crippen molar-refractivity contribution in [3.05, 3.63) is 52.2 Å². The van der Waals surface area contributed by atoms with Crippen LogP contribution >= 0.6 is 11.3 Å². The highest BCUT2D eigenvalue weighted by molar-refractivity contribution is 7.12. The van der Waals surface area contributed by atoms with E-state index >= 15 is 0 Å². The smallest absolute Gasteiger partial charge is 0.254 e. The first kappa shape index (κ1) is 19.3. The zero-order valence-electron chi connectivity index (χ0n) is 15.4. The van der Waals surface area contributed by atoms with Crippen molar-refractivity contribution < 1.29 is 14.4 Å². The van der Waals surface area contributed by atoms with Gasteiger partial charge < -0.3 is 10.2 Å². The van der Waals surface area contributed by atoms with Crippen molar-refractivity contribution in [2.75, 3.05) is 18.4 Å². The third-order valence-electron chi connectivity index (χ3n) is 4.93. The van der Waals surface area contributed by atoms with Crippen LogP contribution in [0.2, 0.25) is 0 Å². The molecule has 0 aliphatic carbocycles. The second-order valence-corrected chi connectivity index (χ2v) is 7.86. The van der Waals surface area contributed by atoms with Gasteiger partial charge in [0, 0.05) is 30.6 Å². The molecule has 2 amide bonds. The first-order valence-corrected chi connectivity index (χ1v) is 10.1. The quantitative estimate of drug-likeness (QED) is 0.758. The van der Waals surface area contributed by atoms with E-state index in [1.165, 1.54) is 18.3 Å². The maximum Gasteiger partial charge on any atom is 0.254 e. The van der Waals surface area contributed by atoms with Gasteiger partial charge in [-0.3, -0.25) is 14.4 Å². The van der Waals surface area contributed by atoms with Crippen LogP contribution in [-0.2, 0) is 4.79 Å². The molecular weight excluding hydrogens is 360 g/mol. The summed E-state index contributed by atoms with van der Waals surface area (Å²) in [5.74, 6) is 0.492. The molecule has 2 aromatic rings. The third-order valence-corrected chi connectivity index (χ3v) is 5.96. The number of amides is 2. The Bertz CT molecular complexity index is 808. The molecule has 1 N–H and O–H groups in total. The van der Waals surface area contributed by atoms with Gasteiger partial charge in [0.05, 0.1) is 10.4 Å². The third kappa shape index (κ3) is 5.26. The Labute approximate surface area is 163 Å². The van der Waals surface area contributed by atoms with Crippen LogP contribution in [0.5, 0.6) is 0 Å². The van der Waals surface area contributed by atoms with E-state index in [9.17, 15) is 14.4 Å². The van der Waals surface area contributed by atoms with Crippen LogP contribution in [0, 0.1) is 5.92 Å². The topological polar surface area (TPSA) is 66.5 Å². The number of carbonyl (C=O) groups excluding carboxylic acids is 3. The summed E-state index contributed by atoms with van der Waals surface area (Å²) >= 11 is 1.32. The predicted octanol–water partition coefficient (Wildman–Crippen LogP) is 4.22. The van der Waals surface area contributed by atoms with E-state index in [0.717, 1.165) is 24.9 Å². The Hall–Kier alpha value is -2.47. The molecule has 0 saturated carbocycles. The van der Waals surface area contributed by atoms with E-state index in [1.54, 1.807) is 11.4 Å². The van der Waals surface area contributed by atoms with E-state index in [1.807, 2.05) is 35.2 Å². The van der Waals surface area contributed by atoms with Gasteiger partial charge >= 0.3 is 0 Å². The molecule has 1 aromatic carbocycles. The summed E-state index contributed by atoms with van der Waals surface area (Å²) in [4.78, 5) is 38.5. The number of nitrogens with zero attached hydrogens (tertiary/aromatic N) is 1. The van der Waals surface area contributed by atoms with E-state index < -0.39 is 0 Å². The summed E-state index contributed by atoms with van der Waals surface area (Å²) in [6, 6.07) is 11.2. The lowest BCUT2D eigenvalue weighted by atomic mass is 9.92. The van der Waals surface area contributed by atoms with Gasteiger partial charge in [-0.05, 0) is 50.3 Å². The van der Waals surface area contributed by atoms with Gasteiger partial charge in [-0.2, -0.15) is 0 Å². The zero-order chi connectivity index (χ0) is 19.2. The second-order valence-electron chi connectivity index (χ2n) is 6.94. The lowest BCUT2D eigenvalue weighted by Crippen LogP contribution is -2.38. The van der Waals surface area contributed by atoms with E-state index in [4.69, 9.17) is 0 Å². The lowest BCUT2D eigenvalue weighted by Gasteiger charge is -2.31. The highest BCUT2D eigenvalue weighted by Crippen LogP contribution is 2.25. The summed E-state index contributed by atoms with van der Waals surface area (Å²) in [7, 11) is 0.